The number of carbonyl (C=O) groups is 2. The van der Waals surface area contributed by atoms with E-state index in [1.54, 1.807) is 47.5 Å². The fraction of sp³-hybridized carbons (Fsp3) is 0.269. The first-order valence-electron chi connectivity index (χ1n) is 11.0. The topological polar surface area (TPSA) is 83.0 Å². The molecule has 0 spiro atoms. The summed E-state index contributed by atoms with van der Waals surface area (Å²) in [6, 6.07) is 18.0. The summed E-state index contributed by atoms with van der Waals surface area (Å²) in [7, 11) is 1.54. The number of anilines is 1. The van der Waals surface area contributed by atoms with Gasteiger partial charge < -0.3 is 19.6 Å². The van der Waals surface area contributed by atoms with Gasteiger partial charge in [-0.25, -0.2) is 0 Å². The van der Waals surface area contributed by atoms with E-state index in [9.17, 15) is 14.7 Å². The Bertz CT molecular complexity index is 1180. The molecule has 168 valence electrons. The molecule has 1 aromatic heterocycles. The smallest absolute Gasteiger partial charge is 0.262 e. The van der Waals surface area contributed by atoms with E-state index in [-0.39, 0.29) is 42.8 Å². The summed E-state index contributed by atoms with van der Waals surface area (Å²) in [6.45, 7) is 0.225. The predicted octanol–water partition coefficient (Wildman–Crippen LogP) is 2.65. The Morgan fingerprint density at radius 3 is 2.64 bits per heavy atom. The zero-order valence-corrected chi connectivity index (χ0v) is 18.3. The highest BCUT2D eigenvalue weighted by Gasteiger charge is 2.55. The van der Waals surface area contributed by atoms with Gasteiger partial charge in [0.15, 0.2) is 0 Å². The van der Waals surface area contributed by atoms with Gasteiger partial charge in [0.2, 0.25) is 5.91 Å². The van der Waals surface area contributed by atoms with Crippen LogP contribution in [0.5, 0.6) is 5.75 Å². The van der Waals surface area contributed by atoms with Crippen molar-refractivity contribution in [2.75, 3.05) is 25.2 Å². The molecule has 2 aliphatic rings. The van der Waals surface area contributed by atoms with Crippen molar-refractivity contribution < 1.29 is 19.4 Å². The first-order chi connectivity index (χ1) is 16.1. The van der Waals surface area contributed by atoms with Gasteiger partial charge in [-0.2, -0.15) is 0 Å². The third-order valence-electron chi connectivity index (χ3n) is 6.64. The third kappa shape index (κ3) is 3.54. The van der Waals surface area contributed by atoms with E-state index >= 15 is 0 Å². The van der Waals surface area contributed by atoms with E-state index in [2.05, 4.69) is 4.98 Å². The number of para-hydroxylation sites is 2. The molecule has 3 atom stereocenters. The molecule has 0 saturated carbocycles. The van der Waals surface area contributed by atoms with Gasteiger partial charge in [0.25, 0.3) is 5.91 Å². The van der Waals surface area contributed by atoms with E-state index in [0.29, 0.717) is 17.9 Å². The quantitative estimate of drug-likeness (QED) is 0.656. The van der Waals surface area contributed by atoms with E-state index in [0.717, 1.165) is 16.8 Å². The van der Waals surface area contributed by atoms with Crippen LogP contribution in [0.3, 0.4) is 0 Å². The summed E-state index contributed by atoms with van der Waals surface area (Å²) in [4.78, 5) is 34.4. The molecule has 5 rings (SSSR count). The highest BCUT2D eigenvalue weighted by atomic mass is 16.5. The maximum absolute atomic E-state index is 13.6. The molecule has 2 aromatic carbocycles. The minimum atomic E-state index is -0.316. The van der Waals surface area contributed by atoms with Gasteiger partial charge in [0.1, 0.15) is 5.75 Å². The third-order valence-corrected chi connectivity index (χ3v) is 6.64. The Balaban J connectivity index is 1.49. The van der Waals surface area contributed by atoms with Gasteiger partial charge in [0, 0.05) is 30.5 Å². The molecule has 0 unspecified atom stereocenters. The van der Waals surface area contributed by atoms with Crippen molar-refractivity contribution in [3.8, 4) is 5.75 Å². The number of fused-ring (bicyclic) bond motifs is 3. The molecule has 2 amide bonds. The molecule has 0 bridgehead atoms. The number of hydrogen-bond donors (Lipinski definition) is 1. The Labute approximate surface area is 192 Å². The second-order valence-electron chi connectivity index (χ2n) is 8.36. The number of rotatable bonds is 5. The average Bonchev–Trinajstić information content (AvgIpc) is 2.84. The number of methoxy groups -OCH3 is 1. The van der Waals surface area contributed by atoms with E-state index in [1.165, 1.54) is 0 Å². The Kier molecular flexibility index (Phi) is 5.56. The Morgan fingerprint density at radius 2 is 1.88 bits per heavy atom. The Hall–Kier alpha value is -3.71. The van der Waals surface area contributed by atoms with Gasteiger partial charge >= 0.3 is 0 Å². The van der Waals surface area contributed by atoms with Crippen LogP contribution in [0.4, 0.5) is 5.69 Å². The van der Waals surface area contributed by atoms with Gasteiger partial charge in [-0.05, 0) is 35.4 Å². The number of likely N-dealkylation sites (tertiary alicyclic amines) is 1. The molecule has 1 fully saturated rings. The number of benzene rings is 2. The molecule has 7 heteroatoms. The molecule has 3 aromatic rings. The van der Waals surface area contributed by atoms with Crippen molar-refractivity contribution in [1.82, 2.24) is 9.88 Å². The van der Waals surface area contributed by atoms with Crippen molar-refractivity contribution in [3.63, 3.8) is 0 Å². The van der Waals surface area contributed by atoms with Crippen molar-refractivity contribution in [1.29, 1.82) is 0 Å². The lowest BCUT2D eigenvalue weighted by molar-refractivity contribution is -0.149. The number of aromatic nitrogens is 1. The number of ether oxygens (including phenoxy) is 1. The van der Waals surface area contributed by atoms with Gasteiger partial charge in [-0.1, -0.05) is 36.4 Å². The van der Waals surface area contributed by atoms with E-state index in [1.807, 2.05) is 42.5 Å². The van der Waals surface area contributed by atoms with Gasteiger partial charge in [-0.3, -0.25) is 14.6 Å². The summed E-state index contributed by atoms with van der Waals surface area (Å²) in [5, 5.41) is 10.2. The van der Waals surface area contributed by atoms with Crippen LogP contribution in [0.1, 0.15) is 27.4 Å². The minimum Gasteiger partial charge on any atom is -0.496 e. The zero-order chi connectivity index (χ0) is 22.9. The standard InChI is InChI=1S/C26H25N3O4/c1-33-23-11-5-3-9-19(23)26(32)28-15-21-25(18-8-2-4-10-20(18)28)22(16-30)29(21)24(31)13-17-7-6-12-27-14-17/h2-12,14,21-22,25,30H,13,15-16H2,1H3/t21-,22+,25+/m0/s1. The molecule has 3 heterocycles. The van der Waals surface area contributed by atoms with Crippen LogP contribution in [0.2, 0.25) is 0 Å². The first kappa shape index (κ1) is 21.2. The van der Waals surface area contributed by atoms with E-state index in [4.69, 9.17) is 4.74 Å². The zero-order valence-electron chi connectivity index (χ0n) is 18.3. The predicted molar refractivity (Wildman–Crippen MR) is 123 cm³/mol. The molecule has 0 aliphatic carbocycles. The molecule has 1 N–H and O–H groups in total. The van der Waals surface area contributed by atoms with Crippen LogP contribution in [-0.2, 0) is 11.2 Å². The van der Waals surface area contributed by atoms with Crippen LogP contribution in [0.15, 0.2) is 73.1 Å². The lowest BCUT2D eigenvalue weighted by atomic mass is 9.71. The summed E-state index contributed by atoms with van der Waals surface area (Å²) in [6.07, 6.45) is 3.55. The fourth-order valence-corrected chi connectivity index (χ4v) is 5.16. The molecular formula is C26H25N3O4. The van der Waals surface area contributed by atoms with Crippen LogP contribution in [0, 0.1) is 0 Å². The van der Waals surface area contributed by atoms with E-state index < -0.39 is 0 Å². The van der Waals surface area contributed by atoms with Crippen molar-refractivity contribution >= 4 is 17.5 Å². The maximum Gasteiger partial charge on any atom is 0.262 e. The number of aliphatic hydroxyl groups excluding tert-OH is 1. The number of hydrogen-bond acceptors (Lipinski definition) is 5. The summed E-state index contributed by atoms with van der Waals surface area (Å²) < 4.78 is 5.42. The second-order valence-corrected chi connectivity index (χ2v) is 8.36. The van der Waals surface area contributed by atoms with Gasteiger partial charge in [-0.15, -0.1) is 0 Å². The number of carbonyl (C=O) groups excluding carboxylic acids is 2. The minimum absolute atomic E-state index is 0.0224. The molecule has 33 heavy (non-hydrogen) atoms. The first-order valence-corrected chi connectivity index (χ1v) is 11.0. The summed E-state index contributed by atoms with van der Waals surface area (Å²) >= 11 is 0. The van der Waals surface area contributed by atoms with Crippen molar-refractivity contribution in [3.05, 3.63) is 89.7 Å². The van der Waals surface area contributed by atoms with Crippen LogP contribution >= 0.6 is 0 Å². The molecular weight excluding hydrogens is 418 g/mol. The lowest BCUT2D eigenvalue weighted by Gasteiger charge is -2.59. The number of amides is 2. The molecule has 2 aliphatic heterocycles. The van der Waals surface area contributed by atoms with Crippen molar-refractivity contribution in [2.24, 2.45) is 0 Å². The van der Waals surface area contributed by atoms with Crippen LogP contribution in [-0.4, -0.2) is 59.1 Å². The molecule has 1 saturated heterocycles. The van der Waals surface area contributed by atoms with Crippen LogP contribution in [0.25, 0.3) is 0 Å². The number of pyridine rings is 1. The SMILES string of the molecule is COc1ccccc1C(=O)N1C[C@H]2[C@@H](c3ccccc31)[C@@H](CO)N2C(=O)Cc1cccnc1. The van der Waals surface area contributed by atoms with Crippen LogP contribution < -0.4 is 9.64 Å². The van der Waals surface area contributed by atoms with Gasteiger partial charge in [0.05, 0.1) is 37.8 Å². The highest BCUT2D eigenvalue weighted by molar-refractivity contribution is 6.09. The Morgan fingerprint density at radius 1 is 1.09 bits per heavy atom. The maximum atomic E-state index is 13.6. The number of aliphatic hydroxyl groups is 1. The number of nitrogens with zero attached hydrogens (tertiary/aromatic N) is 3. The normalized spacial score (nSPS) is 21.0. The fourth-order valence-electron chi connectivity index (χ4n) is 5.16. The molecule has 0 radical (unpaired) electrons. The summed E-state index contributed by atoms with van der Waals surface area (Å²) in [5.41, 5.74) is 3.08. The van der Waals surface area contributed by atoms with Crippen molar-refractivity contribution in [2.45, 2.75) is 24.4 Å². The largest absolute Gasteiger partial charge is 0.496 e. The summed E-state index contributed by atoms with van der Waals surface area (Å²) in [5.74, 6) is 0.233. The highest BCUT2D eigenvalue weighted by Crippen LogP contribution is 2.48. The molecule has 7 nitrogen and oxygen atoms in total. The average molecular weight is 444 g/mol. The second kappa shape index (κ2) is 8.67. The lowest BCUT2D eigenvalue weighted by Crippen LogP contribution is -2.71. The monoisotopic (exact) mass is 443 g/mol.